The summed E-state index contributed by atoms with van der Waals surface area (Å²) in [4.78, 5) is 22.0. The van der Waals surface area contributed by atoms with E-state index in [9.17, 15) is 4.79 Å². The van der Waals surface area contributed by atoms with E-state index in [0.717, 1.165) is 53.8 Å². The normalized spacial score (nSPS) is 15.0. The molecular weight excluding hydrogens is 394 g/mol. The molecule has 3 aromatic rings. The Labute approximate surface area is 173 Å². The molecular formula is C21H22ClN3O2S. The minimum absolute atomic E-state index is 0.0143. The van der Waals surface area contributed by atoms with Crippen molar-refractivity contribution in [1.29, 1.82) is 0 Å². The van der Waals surface area contributed by atoms with E-state index < -0.39 is 0 Å². The maximum atomic E-state index is 13.2. The lowest BCUT2D eigenvalue weighted by atomic mass is 10.1. The number of carbonyl (C=O) groups excluding carboxylic acids is 1. The number of halogens is 1. The quantitative estimate of drug-likeness (QED) is 0.613. The Morgan fingerprint density at radius 2 is 1.89 bits per heavy atom. The maximum absolute atomic E-state index is 13.2. The van der Waals surface area contributed by atoms with Crippen molar-refractivity contribution in [2.24, 2.45) is 0 Å². The van der Waals surface area contributed by atoms with Crippen LogP contribution in [0.15, 0.2) is 48.5 Å². The molecule has 1 aromatic heterocycles. The molecule has 0 bridgehead atoms. The van der Waals surface area contributed by atoms with Gasteiger partial charge in [0.2, 0.25) is 5.91 Å². The summed E-state index contributed by atoms with van der Waals surface area (Å²) >= 11 is 7.83. The summed E-state index contributed by atoms with van der Waals surface area (Å²) in [5.74, 6) is 0.0143. The molecule has 1 aliphatic rings. The second-order valence-corrected chi connectivity index (χ2v) is 8.15. The first-order valence-corrected chi connectivity index (χ1v) is 10.6. The van der Waals surface area contributed by atoms with Crippen LogP contribution < -0.4 is 4.90 Å². The SMILES string of the molecule is O=C(Cc1ccccc1Cl)N(CCN1CCOCC1)c1nc2ccccc2s1. The van der Waals surface area contributed by atoms with Crippen LogP contribution in [-0.4, -0.2) is 55.2 Å². The number of para-hydroxylation sites is 1. The van der Waals surface area contributed by atoms with Crippen molar-refractivity contribution >= 4 is 44.2 Å². The average molecular weight is 416 g/mol. The Hall–Kier alpha value is -1.99. The number of nitrogens with zero attached hydrogens (tertiary/aromatic N) is 3. The molecule has 2 aromatic carbocycles. The van der Waals surface area contributed by atoms with E-state index >= 15 is 0 Å². The van der Waals surface area contributed by atoms with Crippen molar-refractivity contribution in [2.75, 3.05) is 44.3 Å². The van der Waals surface area contributed by atoms with Gasteiger partial charge in [-0.15, -0.1) is 0 Å². The van der Waals surface area contributed by atoms with Crippen LogP contribution in [0.5, 0.6) is 0 Å². The number of anilines is 1. The van der Waals surface area contributed by atoms with Crippen molar-refractivity contribution < 1.29 is 9.53 Å². The molecule has 28 heavy (non-hydrogen) atoms. The summed E-state index contributed by atoms with van der Waals surface area (Å²) in [5.41, 5.74) is 1.76. The summed E-state index contributed by atoms with van der Waals surface area (Å²) in [7, 11) is 0. The lowest BCUT2D eigenvalue weighted by molar-refractivity contribution is -0.118. The van der Waals surface area contributed by atoms with Gasteiger partial charge in [0.1, 0.15) is 0 Å². The molecule has 2 heterocycles. The number of fused-ring (bicyclic) bond motifs is 1. The molecule has 5 nitrogen and oxygen atoms in total. The predicted octanol–water partition coefficient (Wildman–Crippen LogP) is 3.86. The zero-order valence-electron chi connectivity index (χ0n) is 15.5. The van der Waals surface area contributed by atoms with Crippen LogP contribution in [-0.2, 0) is 16.0 Å². The van der Waals surface area contributed by atoms with Gasteiger partial charge in [-0.05, 0) is 23.8 Å². The van der Waals surface area contributed by atoms with Gasteiger partial charge in [-0.1, -0.05) is 53.3 Å². The van der Waals surface area contributed by atoms with E-state index in [0.29, 0.717) is 11.6 Å². The molecule has 0 aliphatic carbocycles. The molecule has 4 rings (SSSR count). The molecule has 1 fully saturated rings. The van der Waals surface area contributed by atoms with Crippen LogP contribution in [0.25, 0.3) is 10.2 Å². The van der Waals surface area contributed by atoms with E-state index in [1.165, 1.54) is 0 Å². The minimum atomic E-state index is 0.0143. The van der Waals surface area contributed by atoms with Gasteiger partial charge >= 0.3 is 0 Å². The molecule has 146 valence electrons. The van der Waals surface area contributed by atoms with E-state index in [4.69, 9.17) is 21.3 Å². The van der Waals surface area contributed by atoms with Gasteiger partial charge in [-0.25, -0.2) is 4.98 Å². The van der Waals surface area contributed by atoms with E-state index in [1.807, 2.05) is 53.4 Å². The first kappa shape index (κ1) is 19.3. The number of benzene rings is 2. The number of aromatic nitrogens is 1. The van der Waals surface area contributed by atoms with Crippen molar-refractivity contribution in [2.45, 2.75) is 6.42 Å². The van der Waals surface area contributed by atoms with Crippen LogP contribution >= 0.6 is 22.9 Å². The lowest BCUT2D eigenvalue weighted by Crippen LogP contribution is -2.43. The second-order valence-electron chi connectivity index (χ2n) is 6.73. The summed E-state index contributed by atoms with van der Waals surface area (Å²) in [5, 5.41) is 1.36. The van der Waals surface area contributed by atoms with E-state index in [2.05, 4.69) is 4.90 Å². The number of rotatable bonds is 6. The number of hydrogen-bond donors (Lipinski definition) is 0. The molecule has 0 spiro atoms. The van der Waals surface area contributed by atoms with Gasteiger partial charge in [-0.2, -0.15) is 0 Å². The number of ether oxygens (including phenoxy) is 1. The van der Waals surface area contributed by atoms with Gasteiger partial charge in [0.05, 0.1) is 29.9 Å². The first-order chi connectivity index (χ1) is 13.7. The fraction of sp³-hybridized carbons (Fsp3) is 0.333. The summed E-state index contributed by atoms with van der Waals surface area (Å²) < 4.78 is 6.51. The molecule has 0 atom stereocenters. The third kappa shape index (κ3) is 4.52. The van der Waals surface area contributed by atoms with E-state index in [-0.39, 0.29) is 12.3 Å². The van der Waals surface area contributed by atoms with Gasteiger partial charge in [0.15, 0.2) is 5.13 Å². The molecule has 0 saturated carbocycles. The third-order valence-corrected chi connectivity index (χ3v) is 6.29. The van der Waals surface area contributed by atoms with Gasteiger partial charge in [0, 0.05) is 31.2 Å². The predicted molar refractivity (Wildman–Crippen MR) is 114 cm³/mol. The standard InChI is InChI=1S/C21H22ClN3O2S/c22-17-6-2-1-5-16(17)15-20(26)25(10-9-24-11-13-27-14-12-24)21-23-18-7-3-4-8-19(18)28-21/h1-8H,9-15H2. The molecule has 1 amide bonds. The number of carbonyl (C=O) groups is 1. The smallest absolute Gasteiger partial charge is 0.233 e. The number of morpholine rings is 1. The molecule has 1 aliphatic heterocycles. The Morgan fingerprint density at radius 1 is 1.14 bits per heavy atom. The third-order valence-electron chi connectivity index (χ3n) is 4.86. The van der Waals surface area contributed by atoms with Gasteiger partial charge < -0.3 is 4.74 Å². The molecule has 0 N–H and O–H groups in total. The van der Waals surface area contributed by atoms with Crippen molar-refractivity contribution in [3.05, 3.63) is 59.1 Å². The van der Waals surface area contributed by atoms with Crippen molar-refractivity contribution in [3.63, 3.8) is 0 Å². The second kappa shape index (κ2) is 9.01. The van der Waals surface area contributed by atoms with Crippen LogP contribution in [0.1, 0.15) is 5.56 Å². The van der Waals surface area contributed by atoms with Crippen molar-refractivity contribution in [3.8, 4) is 0 Å². The Bertz CT molecular complexity index is 922. The number of amides is 1. The molecule has 0 unspecified atom stereocenters. The Morgan fingerprint density at radius 3 is 2.68 bits per heavy atom. The molecule has 1 saturated heterocycles. The highest BCUT2D eigenvalue weighted by Crippen LogP contribution is 2.29. The van der Waals surface area contributed by atoms with E-state index in [1.54, 1.807) is 11.3 Å². The summed E-state index contributed by atoms with van der Waals surface area (Å²) in [6.07, 6.45) is 0.263. The topological polar surface area (TPSA) is 45.7 Å². The average Bonchev–Trinajstić information content (AvgIpc) is 3.14. The minimum Gasteiger partial charge on any atom is -0.379 e. The number of thiazole rings is 1. The lowest BCUT2D eigenvalue weighted by Gasteiger charge is -2.29. The molecule has 0 radical (unpaired) electrons. The van der Waals surface area contributed by atoms with Gasteiger partial charge in [0.25, 0.3) is 0 Å². The van der Waals surface area contributed by atoms with Gasteiger partial charge in [-0.3, -0.25) is 14.6 Å². The first-order valence-electron chi connectivity index (χ1n) is 9.40. The van der Waals surface area contributed by atoms with Crippen LogP contribution in [0, 0.1) is 0 Å². The largest absolute Gasteiger partial charge is 0.379 e. The number of hydrogen-bond acceptors (Lipinski definition) is 5. The van der Waals surface area contributed by atoms with Crippen LogP contribution in [0.2, 0.25) is 5.02 Å². The molecule has 7 heteroatoms. The van der Waals surface area contributed by atoms with Crippen LogP contribution in [0.3, 0.4) is 0 Å². The van der Waals surface area contributed by atoms with Crippen molar-refractivity contribution in [1.82, 2.24) is 9.88 Å². The monoisotopic (exact) mass is 415 g/mol. The fourth-order valence-electron chi connectivity index (χ4n) is 3.27. The highest BCUT2D eigenvalue weighted by atomic mass is 35.5. The summed E-state index contributed by atoms with van der Waals surface area (Å²) in [6.45, 7) is 4.68. The Kier molecular flexibility index (Phi) is 6.22. The fourth-order valence-corrected chi connectivity index (χ4v) is 4.48. The maximum Gasteiger partial charge on any atom is 0.233 e. The van der Waals surface area contributed by atoms with Crippen LogP contribution in [0.4, 0.5) is 5.13 Å². The highest BCUT2D eigenvalue weighted by molar-refractivity contribution is 7.22. The Balaban J connectivity index is 1.56. The zero-order valence-corrected chi connectivity index (χ0v) is 17.1. The summed E-state index contributed by atoms with van der Waals surface area (Å²) in [6, 6.07) is 15.5. The zero-order chi connectivity index (χ0) is 19.3. The highest BCUT2D eigenvalue weighted by Gasteiger charge is 2.22.